The van der Waals surface area contributed by atoms with Gasteiger partial charge < -0.3 is 9.47 Å². The second kappa shape index (κ2) is 8.13. The molecule has 92 valence electrons. The molecule has 0 saturated carbocycles. The molecule has 1 saturated heterocycles. The van der Waals surface area contributed by atoms with Crippen LogP contribution in [0.5, 0.6) is 0 Å². The van der Waals surface area contributed by atoms with Crippen molar-refractivity contribution in [1.29, 1.82) is 0 Å². The maximum Gasteiger partial charge on any atom is 0.417 e. The van der Waals surface area contributed by atoms with Crippen LogP contribution in [0.3, 0.4) is 0 Å². The lowest BCUT2D eigenvalue weighted by atomic mass is 10.1. The van der Waals surface area contributed by atoms with Crippen LogP contribution >= 0.6 is 0 Å². The number of hydrogen-bond donors (Lipinski definition) is 0. The predicted octanol–water partition coefficient (Wildman–Crippen LogP) is 2.21. The van der Waals surface area contributed by atoms with Gasteiger partial charge in [0.1, 0.15) is 0 Å². The number of cyclic esters (lactones) is 2. The summed E-state index contributed by atoms with van der Waals surface area (Å²) in [5.74, 6) is -1.70. The van der Waals surface area contributed by atoms with Gasteiger partial charge in [0.05, 0.1) is 13.2 Å². The van der Waals surface area contributed by atoms with E-state index in [1.54, 1.807) is 0 Å². The molecule has 0 unspecified atom stereocenters. The van der Waals surface area contributed by atoms with Gasteiger partial charge in [0.15, 0.2) is 0 Å². The van der Waals surface area contributed by atoms with Crippen molar-refractivity contribution < 1.29 is 19.1 Å². The molecule has 0 aromatic heterocycles. The van der Waals surface area contributed by atoms with E-state index in [0.29, 0.717) is 13.2 Å². The first-order valence-electron chi connectivity index (χ1n) is 6.14. The normalized spacial score (nSPS) is 21.8. The van der Waals surface area contributed by atoms with E-state index in [1.807, 2.05) is 0 Å². The largest absolute Gasteiger partial charge is 0.457 e. The Hall–Kier alpha value is -1.06. The van der Waals surface area contributed by atoms with Gasteiger partial charge in [0.25, 0.3) is 0 Å². The summed E-state index contributed by atoms with van der Waals surface area (Å²) in [7, 11) is 0. The van der Waals surface area contributed by atoms with Gasteiger partial charge in [0, 0.05) is 0 Å². The van der Waals surface area contributed by atoms with E-state index in [-0.39, 0.29) is 0 Å². The number of ether oxygens (including phenoxy) is 2. The van der Waals surface area contributed by atoms with Crippen LogP contribution in [0.4, 0.5) is 0 Å². The lowest BCUT2D eigenvalue weighted by molar-refractivity contribution is -0.167. The molecule has 4 heteroatoms. The van der Waals surface area contributed by atoms with Gasteiger partial charge in [-0.15, -0.1) is 0 Å². The highest BCUT2D eigenvalue weighted by Gasteiger charge is 2.16. The van der Waals surface area contributed by atoms with Gasteiger partial charge >= 0.3 is 11.9 Å². The third kappa shape index (κ3) is 5.73. The molecule has 0 spiro atoms. The van der Waals surface area contributed by atoms with Gasteiger partial charge in [0.2, 0.25) is 0 Å². The quantitative estimate of drug-likeness (QED) is 0.471. The molecule has 16 heavy (non-hydrogen) atoms. The van der Waals surface area contributed by atoms with Crippen molar-refractivity contribution in [2.24, 2.45) is 0 Å². The average molecular weight is 228 g/mol. The summed E-state index contributed by atoms with van der Waals surface area (Å²) in [6.45, 7) is 0.655. The first-order valence-corrected chi connectivity index (χ1v) is 6.14. The standard InChI is InChI=1S/C12H20O4/c13-11-12(14)16-10-8-6-4-2-1-3-5-7-9-15-11/h1-10H2. The lowest BCUT2D eigenvalue weighted by Crippen LogP contribution is -2.21. The Bertz CT molecular complexity index is 201. The first kappa shape index (κ1) is 13.0. The van der Waals surface area contributed by atoms with Gasteiger partial charge in [-0.3, -0.25) is 0 Å². The smallest absolute Gasteiger partial charge is 0.417 e. The van der Waals surface area contributed by atoms with Crippen molar-refractivity contribution in [1.82, 2.24) is 0 Å². The Morgan fingerprint density at radius 1 is 0.562 bits per heavy atom. The number of carbonyl (C=O) groups is 2. The van der Waals surface area contributed by atoms with Crippen molar-refractivity contribution in [2.45, 2.75) is 51.4 Å². The molecule has 1 fully saturated rings. The van der Waals surface area contributed by atoms with E-state index in [9.17, 15) is 9.59 Å². The van der Waals surface area contributed by atoms with Crippen LogP contribution in [-0.4, -0.2) is 25.2 Å². The molecule has 0 aromatic carbocycles. The number of carbonyl (C=O) groups excluding carboxylic acids is 2. The molecule has 0 aromatic rings. The zero-order valence-corrected chi connectivity index (χ0v) is 9.70. The van der Waals surface area contributed by atoms with Crippen LogP contribution in [0.15, 0.2) is 0 Å². The minimum absolute atomic E-state index is 0.327. The zero-order valence-electron chi connectivity index (χ0n) is 9.70. The van der Waals surface area contributed by atoms with E-state index in [0.717, 1.165) is 25.7 Å². The maximum atomic E-state index is 11.1. The number of rotatable bonds is 0. The highest BCUT2D eigenvalue weighted by molar-refractivity contribution is 6.29. The Morgan fingerprint density at radius 2 is 0.875 bits per heavy atom. The van der Waals surface area contributed by atoms with Crippen LogP contribution < -0.4 is 0 Å². The van der Waals surface area contributed by atoms with Gasteiger partial charge in [-0.1, -0.05) is 38.5 Å². The van der Waals surface area contributed by atoms with Crippen molar-refractivity contribution in [3.8, 4) is 0 Å². The molecule has 0 atom stereocenters. The van der Waals surface area contributed by atoms with Gasteiger partial charge in [-0.25, -0.2) is 9.59 Å². The Balaban J connectivity index is 2.27. The molecule has 0 aliphatic carbocycles. The van der Waals surface area contributed by atoms with Crippen LogP contribution in [0, 0.1) is 0 Å². The van der Waals surface area contributed by atoms with Crippen LogP contribution in [0.1, 0.15) is 51.4 Å². The summed E-state index contributed by atoms with van der Waals surface area (Å²) in [5, 5.41) is 0. The van der Waals surface area contributed by atoms with E-state index >= 15 is 0 Å². The summed E-state index contributed by atoms with van der Waals surface area (Å²) >= 11 is 0. The fourth-order valence-corrected chi connectivity index (χ4v) is 1.71. The number of hydrogen-bond acceptors (Lipinski definition) is 4. The third-order valence-corrected chi connectivity index (χ3v) is 2.67. The fourth-order valence-electron chi connectivity index (χ4n) is 1.71. The van der Waals surface area contributed by atoms with E-state index < -0.39 is 11.9 Å². The summed E-state index contributed by atoms with van der Waals surface area (Å²) in [6.07, 6.45) is 8.63. The van der Waals surface area contributed by atoms with Crippen LogP contribution in [0.2, 0.25) is 0 Å². The highest BCUT2D eigenvalue weighted by atomic mass is 16.6. The van der Waals surface area contributed by atoms with Crippen molar-refractivity contribution in [3.63, 3.8) is 0 Å². The minimum atomic E-state index is -0.850. The monoisotopic (exact) mass is 228 g/mol. The zero-order chi connectivity index (χ0) is 11.6. The van der Waals surface area contributed by atoms with Gasteiger partial charge in [-0.2, -0.15) is 0 Å². The summed E-state index contributed by atoms with van der Waals surface area (Å²) in [5.41, 5.74) is 0. The molecular formula is C12H20O4. The summed E-state index contributed by atoms with van der Waals surface area (Å²) < 4.78 is 9.57. The molecule has 1 aliphatic heterocycles. The Labute approximate surface area is 96.3 Å². The second-order valence-corrected chi connectivity index (χ2v) is 4.10. The van der Waals surface area contributed by atoms with Crippen LogP contribution in [0.25, 0.3) is 0 Å². The van der Waals surface area contributed by atoms with E-state index in [2.05, 4.69) is 0 Å². The third-order valence-electron chi connectivity index (χ3n) is 2.67. The minimum Gasteiger partial charge on any atom is -0.457 e. The first-order chi connectivity index (χ1) is 7.80. The topological polar surface area (TPSA) is 52.6 Å². The molecule has 1 aliphatic rings. The van der Waals surface area contributed by atoms with E-state index in [4.69, 9.17) is 9.47 Å². The molecule has 0 radical (unpaired) electrons. The summed E-state index contributed by atoms with van der Waals surface area (Å²) in [4.78, 5) is 22.2. The van der Waals surface area contributed by atoms with Crippen molar-refractivity contribution in [2.75, 3.05) is 13.2 Å². The summed E-state index contributed by atoms with van der Waals surface area (Å²) in [6, 6.07) is 0. The SMILES string of the molecule is O=C1OCCCCCCCCCCOC1=O. The maximum absolute atomic E-state index is 11.1. The molecule has 0 N–H and O–H groups in total. The van der Waals surface area contributed by atoms with Crippen molar-refractivity contribution in [3.05, 3.63) is 0 Å². The highest BCUT2D eigenvalue weighted by Crippen LogP contribution is 2.09. The van der Waals surface area contributed by atoms with Crippen LogP contribution in [-0.2, 0) is 19.1 Å². The predicted molar refractivity (Wildman–Crippen MR) is 58.9 cm³/mol. The molecular weight excluding hydrogens is 208 g/mol. The molecule has 4 nitrogen and oxygen atoms in total. The molecule has 0 amide bonds. The Kier molecular flexibility index (Phi) is 6.61. The van der Waals surface area contributed by atoms with E-state index in [1.165, 1.54) is 25.7 Å². The second-order valence-electron chi connectivity index (χ2n) is 4.10. The average Bonchev–Trinajstić information content (AvgIpc) is 2.29. The lowest BCUT2D eigenvalue weighted by Gasteiger charge is -2.07. The van der Waals surface area contributed by atoms with Crippen molar-refractivity contribution >= 4 is 11.9 Å². The fraction of sp³-hybridized carbons (Fsp3) is 0.833. The molecule has 1 rings (SSSR count). The Morgan fingerprint density at radius 3 is 1.25 bits per heavy atom. The van der Waals surface area contributed by atoms with Gasteiger partial charge in [-0.05, 0) is 12.8 Å². The molecule has 0 bridgehead atoms. The number of esters is 2. The molecule has 1 heterocycles.